The average Bonchev–Trinajstić information content (AvgIpc) is 2.24. The van der Waals surface area contributed by atoms with Crippen LogP contribution >= 0.6 is 0 Å². The van der Waals surface area contributed by atoms with E-state index in [9.17, 15) is 4.79 Å². The number of rotatable bonds is 4. The molecule has 0 bridgehead atoms. The largest absolute Gasteiger partial charge is 0.351 e. The number of aromatic nitrogens is 1. The summed E-state index contributed by atoms with van der Waals surface area (Å²) < 4.78 is 0. The number of hydrogen-bond acceptors (Lipinski definition) is 2. The third-order valence-electron chi connectivity index (χ3n) is 2.41. The Kier molecular flexibility index (Phi) is 4.47. The number of nitrogens with zero attached hydrogens (tertiary/aromatic N) is 1. The molecule has 0 saturated carbocycles. The van der Waals surface area contributed by atoms with Crippen LogP contribution in [0.2, 0.25) is 0 Å². The van der Waals surface area contributed by atoms with E-state index in [-0.39, 0.29) is 5.91 Å². The van der Waals surface area contributed by atoms with Crippen LogP contribution in [0.5, 0.6) is 0 Å². The molecule has 0 atom stereocenters. The molecule has 0 aliphatic heterocycles. The highest BCUT2D eigenvalue weighted by Crippen LogP contribution is 2.16. The number of nitrogens with one attached hydrogen (secondary N) is 1. The van der Waals surface area contributed by atoms with E-state index in [4.69, 9.17) is 0 Å². The Morgan fingerprint density at radius 1 is 1.44 bits per heavy atom. The van der Waals surface area contributed by atoms with Gasteiger partial charge in [-0.1, -0.05) is 20.8 Å². The molecule has 0 aliphatic carbocycles. The molecule has 0 unspecified atom stereocenters. The van der Waals surface area contributed by atoms with E-state index < -0.39 is 0 Å². The number of carbonyl (C=O) groups is 1. The van der Waals surface area contributed by atoms with Crippen molar-refractivity contribution in [2.24, 2.45) is 0 Å². The van der Waals surface area contributed by atoms with Gasteiger partial charge in [-0.05, 0) is 37.0 Å². The number of hydrogen-bond donors (Lipinski definition) is 1. The number of aryl methyl sites for hydroxylation is 1. The topological polar surface area (TPSA) is 42.0 Å². The van der Waals surface area contributed by atoms with Crippen molar-refractivity contribution in [1.29, 1.82) is 0 Å². The lowest BCUT2D eigenvalue weighted by Gasteiger charge is -2.09. The van der Waals surface area contributed by atoms with Crippen molar-refractivity contribution in [1.82, 2.24) is 10.3 Å². The van der Waals surface area contributed by atoms with Crippen molar-refractivity contribution >= 4 is 5.91 Å². The Morgan fingerprint density at radius 2 is 2.12 bits per heavy atom. The molecule has 16 heavy (non-hydrogen) atoms. The van der Waals surface area contributed by atoms with Crippen LogP contribution in [0.4, 0.5) is 0 Å². The van der Waals surface area contributed by atoms with Crippen LogP contribution in [0.25, 0.3) is 0 Å². The molecule has 1 aromatic rings. The molecular formula is C13H20N2O. The molecule has 3 nitrogen and oxygen atoms in total. The van der Waals surface area contributed by atoms with Gasteiger partial charge in [-0.15, -0.1) is 0 Å². The van der Waals surface area contributed by atoms with E-state index in [1.807, 2.05) is 26.0 Å². The molecule has 1 rings (SSSR count). The van der Waals surface area contributed by atoms with Crippen molar-refractivity contribution in [3.63, 3.8) is 0 Å². The van der Waals surface area contributed by atoms with Crippen LogP contribution in [0.3, 0.4) is 0 Å². The summed E-state index contributed by atoms with van der Waals surface area (Å²) in [5.41, 5.74) is 2.58. The lowest BCUT2D eigenvalue weighted by Crippen LogP contribution is -2.25. The van der Waals surface area contributed by atoms with Gasteiger partial charge in [-0.3, -0.25) is 4.79 Å². The highest BCUT2D eigenvalue weighted by Gasteiger charge is 2.10. The van der Waals surface area contributed by atoms with Crippen molar-refractivity contribution in [2.75, 3.05) is 6.54 Å². The quantitative estimate of drug-likeness (QED) is 0.847. The molecular weight excluding hydrogens is 200 g/mol. The van der Waals surface area contributed by atoms with E-state index in [1.165, 1.54) is 0 Å². The second-order valence-corrected chi connectivity index (χ2v) is 4.34. The van der Waals surface area contributed by atoms with Crippen LogP contribution < -0.4 is 5.32 Å². The molecule has 1 aromatic heterocycles. The van der Waals surface area contributed by atoms with Gasteiger partial charge in [0.2, 0.25) is 0 Å². The molecule has 0 aromatic carbocycles. The van der Waals surface area contributed by atoms with Gasteiger partial charge in [0.25, 0.3) is 5.91 Å². The van der Waals surface area contributed by atoms with Crippen molar-refractivity contribution < 1.29 is 4.79 Å². The summed E-state index contributed by atoms with van der Waals surface area (Å²) in [7, 11) is 0. The molecule has 0 aliphatic rings. The summed E-state index contributed by atoms with van der Waals surface area (Å²) in [5.74, 6) is 0.340. The van der Waals surface area contributed by atoms with Crippen molar-refractivity contribution in [3.8, 4) is 0 Å². The summed E-state index contributed by atoms with van der Waals surface area (Å²) in [6.45, 7) is 8.88. The number of carbonyl (C=O) groups excluding carboxylic acids is 1. The molecule has 1 amide bonds. The molecule has 0 radical (unpaired) electrons. The minimum Gasteiger partial charge on any atom is -0.351 e. The normalized spacial score (nSPS) is 10.6. The second-order valence-electron chi connectivity index (χ2n) is 4.34. The molecule has 3 heteroatoms. The van der Waals surface area contributed by atoms with Gasteiger partial charge in [0.1, 0.15) is 5.69 Å². The Balaban J connectivity index is 2.91. The zero-order valence-electron chi connectivity index (χ0n) is 10.5. The van der Waals surface area contributed by atoms with Gasteiger partial charge in [0.05, 0.1) is 0 Å². The molecule has 88 valence electrons. The predicted molar refractivity (Wildman–Crippen MR) is 65.7 cm³/mol. The first kappa shape index (κ1) is 12.7. The number of amides is 1. The van der Waals surface area contributed by atoms with E-state index in [2.05, 4.69) is 24.1 Å². The van der Waals surface area contributed by atoms with E-state index in [0.29, 0.717) is 18.2 Å². The van der Waals surface area contributed by atoms with Crippen LogP contribution in [-0.4, -0.2) is 17.4 Å². The third-order valence-corrected chi connectivity index (χ3v) is 2.41. The number of pyridine rings is 1. The maximum atomic E-state index is 11.8. The van der Waals surface area contributed by atoms with Crippen LogP contribution in [-0.2, 0) is 0 Å². The van der Waals surface area contributed by atoms with Gasteiger partial charge < -0.3 is 5.32 Å². The molecule has 0 saturated heterocycles. The fourth-order valence-corrected chi connectivity index (χ4v) is 1.47. The zero-order valence-corrected chi connectivity index (χ0v) is 10.5. The van der Waals surface area contributed by atoms with E-state index in [0.717, 1.165) is 17.7 Å². The first-order valence-corrected chi connectivity index (χ1v) is 5.81. The maximum absolute atomic E-state index is 11.8. The van der Waals surface area contributed by atoms with Gasteiger partial charge in [0, 0.05) is 12.2 Å². The van der Waals surface area contributed by atoms with Crippen LogP contribution in [0.15, 0.2) is 12.1 Å². The third kappa shape index (κ3) is 3.33. The fourth-order valence-electron chi connectivity index (χ4n) is 1.47. The van der Waals surface area contributed by atoms with Crippen LogP contribution in [0, 0.1) is 6.92 Å². The summed E-state index contributed by atoms with van der Waals surface area (Å²) in [6.07, 6.45) is 0.939. The molecule has 0 fully saturated rings. The zero-order chi connectivity index (χ0) is 12.1. The summed E-state index contributed by atoms with van der Waals surface area (Å²) >= 11 is 0. The van der Waals surface area contributed by atoms with Gasteiger partial charge >= 0.3 is 0 Å². The Hall–Kier alpha value is -1.38. The predicted octanol–water partition coefficient (Wildman–Crippen LogP) is 2.65. The highest BCUT2D eigenvalue weighted by molar-refractivity contribution is 5.92. The first-order valence-electron chi connectivity index (χ1n) is 5.81. The van der Waals surface area contributed by atoms with Crippen LogP contribution in [0.1, 0.15) is 54.9 Å². The lowest BCUT2D eigenvalue weighted by molar-refractivity contribution is 0.0948. The fraction of sp³-hybridized carbons (Fsp3) is 0.538. The van der Waals surface area contributed by atoms with Crippen molar-refractivity contribution in [2.45, 2.75) is 40.0 Å². The molecule has 0 spiro atoms. The Bertz CT molecular complexity index is 372. The SMILES string of the molecule is CCCNC(=O)c1cc(C(C)C)cc(C)n1. The first-order chi connectivity index (χ1) is 7.54. The maximum Gasteiger partial charge on any atom is 0.269 e. The second kappa shape index (κ2) is 5.64. The highest BCUT2D eigenvalue weighted by atomic mass is 16.1. The minimum atomic E-state index is -0.0764. The molecule has 1 N–H and O–H groups in total. The van der Waals surface area contributed by atoms with Gasteiger partial charge in [-0.2, -0.15) is 0 Å². The Morgan fingerprint density at radius 3 is 2.69 bits per heavy atom. The summed E-state index contributed by atoms with van der Waals surface area (Å²) in [4.78, 5) is 16.0. The summed E-state index contributed by atoms with van der Waals surface area (Å²) in [6, 6.07) is 3.91. The Labute approximate surface area is 97.3 Å². The lowest BCUT2D eigenvalue weighted by atomic mass is 10.0. The smallest absolute Gasteiger partial charge is 0.269 e. The standard InChI is InChI=1S/C13H20N2O/c1-5-6-14-13(16)12-8-11(9(2)3)7-10(4)15-12/h7-9H,5-6H2,1-4H3,(H,14,16). The van der Waals surface area contributed by atoms with Crippen molar-refractivity contribution in [3.05, 3.63) is 29.1 Å². The molecule has 1 heterocycles. The minimum absolute atomic E-state index is 0.0764. The average molecular weight is 220 g/mol. The van der Waals surface area contributed by atoms with Gasteiger partial charge in [-0.25, -0.2) is 4.98 Å². The summed E-state index contributed by atoms with van der Waals surface area (Å²) in [5, 5.41) is 2.84. The van der Waals surface area contributed by atoms with E-state index in [1.54, 1.807) is 0 Å². The van der Waals surface area contributed by atoms with Gasteiger partial charge in [0.15, 0.2) is 0 Å². The van der Waals surface area contributed by atoms with E-state index >= 15 is 0 Å². The monoisotopic (exact) mass is 220 g/mol.